The molecular weight excluding hydrogens is 350 g/mol. The summed E-state index contributed by atoms with van der Waals surface area (Å²) in [4.78, 5) is 12.5. The second-order valence-electron chi connectivity index (χ2n) is 4.61. The first-order chi connectivity index (χ1) is 10.1. The highest BCUT2D eigenvalue weighted by atomic mass is 79.9. The Labute approximate surface area is 135 Å². The van der Waals surface area contributed by atoms with E-state index in [0.717, 1.165) is 15.2 Å². The molecule has 1 amide bonds. The van der Waals surface area contributed by atoms with Crippen LogP contribution in [-0.2, 0) is 0 Å². The average molecular weight is 361 g/mol. The molecule has 0 spiro atoms. The van der Waals surface area contributed by atoms with Crippen LogP contribution in [0.4, 0.5) is 5.69 Å². The van der Waals surface area contributed by atoms with Crippen LogP contribution in [0.15, 0.2) is 65.1 Å². The van der Waals surface area contributed by atoms with Crippen molar-refractivity contribution >= 4 is 49.9 Å². The average Bonchev–Trinajstić information content (AvgIpc) is 2.49. The highest BCUT2D eigenvalue weighted by Gasteiger charge is 2.11. The quantitative estimate of drug-likeness (QED) is 0.641. The van der Waals surface area contributed by atoms with Crippen molar-refractivity contribution in [3.63, 3.8) is 0 Å². The number of rotatable bonds is 2. The number of anilines is 1. The number of hydrogen-bond acceptors (Lipinski definition) is 1. The van der Waals surface area contributed by atoms with Gasteiger partial charge in [0.05, 0.1) is 5.69 Å². The lowest BCUT2D eigenvalue weighted by Crippen LogP contribution is -2.12. The van der Waals surface area contributed by atoms with Gasteiger partial charge >= 0.3 is 0 Å². The van der Waals surface area contributed by atoms with Crippen molar-refractivity contribution in [2.45, 2.75) is 0 Å². The van der Waals surface area contributed by atoms with Crippen molar-refractivity contribution < 1.29 is 4.79 Å². The molecule has 1 N–H and O–H groups in total. The van der Waals surface area contributed by atoms with E-state index in [1.54, 1.807) is 18.2 Å². The number of benzene rings is 3. The third-order valence-electron chi connectivity index (χ3n) is 3.21. The molecule has 0 unspecified atom stereocenters. The molecular formula is C17H11BrClNO. The number of amides is 1. The van der Waals surface area contributed by atoms with E-state index in [-0.39, 0.29) is 5.91 Å². The fourth-order valence-electron chi connectivity index (χ4n) is 2.20. The predicted molar refractivity (Wildman–Crippen MR) is 91.1 cm³/mol. The van der Waals surface area contributed by atoms with E-state index in [0.29, 0.717) is 16.3 Å². The van der Waals surface area contributed by atoms with Crippen molar-refractivity contribution in [1.29, 1.82) is 0 Å². The second kappa shape index (κ2) is 5.88. The summed E-state index contributed by atoms with van der Waals surface area (Å²) in [6.45, 7) is 0. The molecule has 0 saturated heterocycles. The minimum atomic E-state index is -0.144. The second-order valence-corrected chi connectivity index (χ2v) is 5.90. The van der Waals surface area contributed by atoms with Crippen molar-refractivity contribution in [2.24, 2.45) is 0 Å². The van der Waals surface area contributed by atoms with Crippen LogP contribution in [0.5, 0.6) is 0 Å². The SMILES string of the molecule is O=C(Nc1ccc(Cl)cc1Br)c1cccc2ccccc12. The van der Waals surface area contributed by atoms with Gasteiger partial charge in [0.15, 0.2) is 0 Å². The Kier molecular flexibility index (Phi) is 3.95. The first kappa shape index (κ1) is 14.1. The van der Waals surface area contributed by atoms with Crippen LogP contribution < -0.4 is 5.32 Å². The Morgan fingerprint density at radius 2 is 1.76 bits per heavy atom. The largest absolute Gasteiger partial charge is 0.321 e. The van der Waals surface area contributed by atoms with Gasteiger partial charge in [0, 0.05) is 15.1 Å². The minimum Gasteiger partial charge on any atom is -0.321 e. The van der Waals surface area contributed by atoms with Crippen LogP contribution >= 0.6 is 27.5 Å². The summed E-state index contributed by atoms with van der Waals surface area (Å²) in [6.07, 6.45) is 0. The van der Waals surface area contributed by atoms with Gasteiger partial charge in [-0.15, -0.1) is 0 Å². The summed E-state index contributed by atoms with van der Waals surface area (Å²) in [5.41, 5.74) is 1.34. The van der Waals surface area contributed by atoms with Gasteiger partial charge in [-0.05, 0) is 51.0 Å². The molecule has 0 aliphatic rings. The summed E-state index contributed by atoms with van der Waals surface area (Å²) in [5, 5.41) is 5.49. The zero-order valence-corrected chi connectivity index (χ0v) is 13.3. The molecule has 0 saturated carbocycles. The van der Waals surface area contributed by atoms with Crippen LogP contribution in [0, 0.1) is 0 Å². The molecule has 21 heavy (non-hydrogen) atoms. The number of hydrogen-bond donors (Lipinski definition) is 1. The molecule has 0 atom stereocenters. The topological polar surface area (TPSA) is 29.1 Å². The third kappa shape index (κ3) is 2.94. The standard InChI is InChI=1S/C17H11BrClNO/c18-15-10-12(19)8-9-16(15)20-17(21)14-7-3-5-11-4-1-2-6-13(11)14/h1-10H,(H,20,21). The number of carbonyl (C=O) groups excluding carboxylic acids is 1. The van der Waals surface area contributed by atoms with Gasteiger partial charge in [0.2, 0.25) is 0 Å². The van der Waals surface area contributed by atoms with Crippen LogP contribution in [0.2, 0.25) is 5.02 Å². The molecule has 3 aromatic carbocycles. The van der Waals surface area contributed by atoms with E-state index >= 15 is 0 Å². The maximum Gasteiger partial charge on any atom is 0.256 e. The zero-order valence-electron chi connectivity index (χ0n) is 10.9. The van der Waals surface area contributed by atoms with Gasteiger partial charge in [-0.25, -0.2) is 0 Å². The molecule has 3 aromatic rings. The number of halogens is 2. The van der Waals surface area contributed by atoms with E-state index in [2.05, 4.69) is 21.2 Å². The molecule has 104 valence electrons. The lowest BCUT2D eigenvalue weighted by Gasteiger charge is -2.09. The normalized spacial score (nSPS) is 10.6. The monoisotopic (exact) mass is 359 g/mol. The van der Waals surface area contributed by atoms with Crippen LogP contribution in [0.25, 0.3) is 10.8 Å². The molecule has 0 fully saturated rings. The maximum atomic E-state index is 12.5. The van der Waals surface area contributed by atoms with Crippen molar-refractivity contribution in [3.8, 4) is 0 Å². The Morgan fingerprint density at radius 1 is 1.00 bits per heavy atom. The van der Waals surface area contributed by atoms with Crippen LogP contribution in [0.1, 0.15) is 10.4 Å². The number of fused-ring (bicyclic) bond motifs is 1. The van der Waals surface area contributed by atoms with E-state index < -0.39 is 0 Å². The van der Waals surface area contributed by atoms with Gasteiger partial charge < -0.3 is 5.32 Å². The molecule has 0 radical (unpaired) electrons. The lowest BCUT2D eigenvalue weighted by molar-refractivity contribution is 0.102. The summed E-state index contributed by atoms with van der Waals surface area (Å²) in [5.74, 6) is -0.144. The number of nitrogens with one attached hydrogen (secondary N) is 1. The molecule has 0 bridgehead atoms. The summed E-state index contributed by atoms with van der Waals surface area (Å²) >= 11 is 9.30. The molecule has 2 nitrogen and oxygen atoms in total. The maximum absolute atomic E-state index is 12.5. The Bertz CT molecular complexity index is 827. The summed E-state index contributed by atoms with van der Waals surface area (Å²) < 4.78 is 0.753. The highest BCUT2D eigenvalue weighted by Crippen LogP contribution is 2.27. The zero-order chi connectivity index (χ0) is 14.8. The fourth-order valence-corrected chi connectivity index (χ4v) is 2.99. The van der Waals surface area contributed by atoms with Gasteiger partial charge in [0.1, 0.15) is 0 Å². The molecule has 0 aliphatic carbocycles. The molecule has 0 aliphatic heterocycles. The van der Waals surface area contributed by atoms with E-state index in [1.807, 2.05) is 42.5 Å². The van der Waals surface area contributed by atoms with Crippen molar-refractivity contribution in [3.05, 3.63) is 75.7 Å². The van der Waals surface area contributed by atoms with Gasteiger partial charge in [-0.1, -0.05) is 48.0 Å². The third-order valence-corrected chi connectivity index (χ3v) is 4.10. The van der Waals surface area contributed by atoms with Crippen molar-refractivity contribution in [2.75, 3.05) is 5.32 Å². The van der Waals surface area contributed by atoms with Crippen molar-refractivity contribution in [1.82, 2.24) is 0 Å². The van der Waals surface area contributed by atoms with E-state index in [4.69, 9.17) is 11.6 Å². The van der Waals surface area contributed by atoms with Crippen LogP contribution in [0.3, 0.4) is 0 Å². The Hall–Kier alpha value is -1.84. The summed E-state index contributed by atoms with van der Waals surface area (Å²) in [7, 11) is 0. The molecule has 4 heteroatoms. The Morgan fingerprint density at radius 3 is 2.57 bits per heavy atom. The molecule has 0 heterocycles. The van der Waals surface area contributed by atoms with E-state index in [9.17, 15) is 4.79 Å². The minimum absolute atomic E-state index is 0.144. The van der Waals surface area contributed by atoms with Gasteiger partial charge in [-0.2, -0.15) is 0 Å². The van der Waals surface area contributed by atoms with Gasteiger partial charge in [-0.3, -0.25) is 4.79 Å². The first-order valence-corrected chi connectivity index (χ1v) is 7.56. The fraction of sp³-hybridized carbons (Fsp3) is 0. The lowest BCUT2D eigenvalue weighted by atomic mass is 10.0. The molecule has 0 aromatic heterocycles. The summed E-state index contributed by atoms with van der Waals surface area (Å²) in [6, 6.07) is 18.8. The van der Waals surface area contributed by atoms with E-state index in [1.165, 1.54) is 0 Å². The number of carbonyl (C=O) groups is 1. The highest BCUT2D eigenvalue weighted by molar-refractivity contribution is 9.10. The van der Waals surface area contributed by atoms with Gasteiger partial charge in [0.25, 0.3) is 5.91 Å². The first-order valence-electron chi connectivity index (χ1n) is 6.39. The molecule has 3 rings (SSSR count). The smallest absolute Gasteiger partial charge is 0.256 e. The van der Waals surface area contributed by atoms with Crippen LogP contribution in [-0.4, -0.2) is 5.91 Å². The predicted octanol–water partition coefficient (Wildman–Crippen LogP) is 5.51. The Balaban J connectivity index is 1.97.